The van der Waals surface area contributed by atoms with Crippen LogP contribution < -0.4 is 14.4 Å². The lowest BCUT2D eigenvalue weighted by atomic mass is 9.93. The summed E-state index contributed by atoms with van der Waals surface area (Å²) < 4.78 is 12.8. The molecule has 1 atom stereocenters. The summed E-state index contributed by atoms with van der Waals surface area (Å²) in [5.74, 6) is -0.658. The van der Waals surface area contributed by atoms with Crippen molar-refractivity contribution in [3.8, 4) is 11.5 Å². The van der Waals surface area contributed by atoms with Crippen LogP contribution in [0.2, 0.25) is 0 Å². The number of anilines is 1. The first-order valence-corrected chi connectivity index (χ1v) is 11.9. The highest BCUT2D eigenvalue weighted by molar-refractivity contribution is 6.52. The zero-order chi connectivity index (χ0) is 26.4. The van der Waals surface area contributed by atoms with Crippen molar-refractivity contribution >= 4 is 34.0 Å². The Bertz CT molecular complexity index is 1580. The van der Waals surface area contributed by atoms with Crippen LogP contribution in [-0.2, 0) is 16.6 Å². The molecule has 1 aliphatic heterocycles. The molecule has 37 heavy (non-hydrogen) atoms. The van der Waals surface area contributed by atoms with Crippen LogP contribution in [0.5, 0.6) is 11.5 Å². The molecular weight excluding hydrogens is 468 g/mol. The summed E-state index contributed by atoms with van der Waals surface area (Å²) in [4.78, 5) is 28.7. The Kier molecular flexibility index (Phi) is 5.99. The van der Waals surface area contributed by atoms with Gasteiger partial charge in [0.15, 0.2) is 0 Å². The minimum absolute atomic E-state index is 0.0143. The highest BCUT2D eigenvalue weighted by atomic mass is 16.5. The van der Waals surface area contributed by atoms with Crippen LogP contribution in [0.4, 0.5) is 5.69 Å². The number of ether oxygens (including phenoxy) is 2. The number of aliphatic hydroxyl groups is 1. The predicted molar refractivity (Wildman–Crippen MR) is 143 cm³/mol. The maximum Gasteiger partial charge on any atom is 0.300 e. The number of hydrogen-bond donors (Lipinski definition) is 1. The van der Waals surface area contributed by atoms with Crippen molar-refractivity contribution in [2.45, 2.75) is 19.9 Å². The molecule has 1 fully saturated rings. The summed E-state index contributed by atoms with van der Waals surface area (Å²) in [6, 6.07) is 17.6. The van der Waals surface area contributed by atoms with Crippen LogP contribution in [0.1, 0.15) is 28.3 Å². The Morgan fingerprint density at radius 1 is 0.946 bits per heavy atom. The molecule has 3 aromatic carbocycles. The van der Waals surface area contributed by atoms with E-state index in [4.69, 9.17) is 9.47 Å². The fraction of sp³-hybridized carbons (Fsp3) is 0.200. The van der Waals surface area contributed by atoms with Crippen molar-refractivity contribution in [1.29, 1.82) is 0 Å². The number of Topliss-reactive ketones (excluding diaryl/α,β-unsaturated/α-hetero) is 1. The number of fused-ring (bicyclic) bond motifs is 1. The quantitative estimate of drug-likeness (QED) is 0.226. The zero-order valence-corrected chi connectivity index (χ0v) is 21.4. The van der Waals surface area contributed by atoms with Gasteiger partial charge in [-0.3, -0.25) is 14.5 Å². The van der Waals surface area contributed by atoms with E-state index in [-0.39, 0.29) is 11.3 Å². The highest BCUT2D eigenvalue weighted by Crippen LogP contribution is 2.46. The molecule has 1 amide bonds. The Labute approximate surface area is 215 Å². The third-order valence-corrected chi connectivity index (χ3v) is 6.90. The standard InChI is InChI=1S/C30H28N2O5/c1-17-14-18(2)29(37-5)22(15-17)27(33)25-26(23-16-31(3)24-9-7-6-8-21(23)24)32(30(35)28(25)34)19-10-12-20(36-4)13-11-19/h6-16,26,33H,1-5H3/b27-25+. The lowest BCUT2D eigenvalue weighted by Gasteiger charge is -2.25. The molecule has 0 radical (unpaired) electrons. The van der Waals surface area contributed by atoms with Gasteiger partial charge in [0, 0.05) is 35.4 Å². The summed E-state index contributed by atoms with van der Waals surface area (Å²) >= 11 is 0. The number of carbonyl (C=O) groups excluding carboxylic acids is 2. The lowest BCUT2D eigenvalue weighted by molar-refractivity contribution is -0.132. The Morgan fingerprint density at radius 3 is 2.32 bits per heavy atom. The van der Waals surface area contributed by atoms with Gasteiger partial charge < -0.3 is 19.1 Å². The first-order chi connectivity index (χ1) is 17.8. The van der Waals surface area contributed by atoms with Gasteiger partial charge in [-0.2, -0.15) is 0 Å². The normalized spacial score (nSPS) is 17.0. The van der Waals surface area contributed by atoms with Gasteiger partial charge in [-0.1, -0.05) is 24.3 Å². The van der Waals surface area contributed by atoms with E-state index in [1.54, 1.807) is 37.4 Å². The molecule has 2 heterocycles. The third kappa shape index (κ3) is 3.83. The average Bonchev–Trinajstić information content (AvgIpc) is 3.36. The van der Waals surface area contributed by atoms with E-state index in [9.17, 15) is 14.7 Å². The van der Waals surface area contributed by atoms with E-state index < -0.39 is 17.7 Å². The Balaban J connectivity index is 1.82. The van der Waals surface area contributed by atoms with Crippen LogP contribution in [-0.4, -0.2) is 35.6 Å². The first-order valence-electron chi connectivity index (χ1n) is 11.9. The van der Waals surface area contributed by atoms with Crippen LogP contribution in [0.3, 0.4) is 0 Å². The number of aromatic nitrogens is 1. The second-order valence-electron chi connectivity index (χ2n) is 9.24. The van der Waals surface area contributed by atoms with Gasteiger partial charge in [0.2, 0.25) is 0 Å². The van der Waals surface area contributed by atoms with Crippen LogP contribution in [0.25, 0.3) is 16.7 Å². The van der Waals surface area contributed by atoms with Gasteiger partial charge in [0.1, 0.15) is 17.3 Å². The van der Waals surface area contributed by atoms with Gasteiger partial charge >= 0.3 is 0 Å². The molecule has 1 saturated heterocycles. The number of amides is 1. The molecule has 7 nitrogen and oxygen atoms in total. The zero-order valence-electron chi connectivity index (χ0n) is 21.4. The Morgan fingerprint density at radius 2 is 1.65 bits per heavy atom. The van der Waals surface area contributed by atoms with E-state index in [1.165, 1.54) is 12.0 Å². The van der Waals surface area contributed by atoms with Crippen molar-refractivity contribution in [3.05, 3.63) is 94.7 Å². The number of rotatable bonds is 5. The number of benzene rings is 3. The van der Waals surface area contributed by atoms with Gasteiger partial charge in [-0.25, -0.2) is 0 Å². The third-order valence-electron chi connectivity index (χ3n) is 6.90. The summed E-state index contributed by atoms with van der Waals surface area (Å²) in [5, 5.41) is 12.6. The van der Waals surface area contributed by atoms with Crippen molar-refractivity contribution in [3.63, 3.8) is 0 Å². The smallest absolute Gasteiger partial charge is 0.300 e. The van der Waals surface area contributed by atoms with Gasteiger partial charge in [-0.05, 0) is 61.4 Å². The molecule has 0 spiro atoms. The lowest BCUT2D eigenvalue weighted by Crippen LogP contribution is -2.29. The van der Waals surface area contributed by atoms with Gasteiger partial charge in [0.05, 0.1) is 31.4 Å². The van der Waals surface area contributed by atoms with Crippen molar-refractivity contribution in [2.24, 2.45) is 7.05 Å². The van der Waals surface area contributed by atoms with E-state index in [1.807, 2.05) is 62.0 Å². The fourth-order valence-electron chi connectivity index (χ4n) is 5.27. The molecule has 1 aliphatic rings. The SMILES string of the molecule is COc1ccc(N2C(=O)C(=O)/C(=C(/O)c3cc(C)cc(C)c3OC)C2c2cn(C)c3ccccc23)cc1. The number of ketones is 1. The molecule has 1 aromatic heterocycles. The number of aliphatic hydroxyl groups excluding tert-OH is 1. The summed E-state index contributed by atoms with van der Waals surface area (Å²) in [6.07, 6.45) is 1.91. The Hall–Kier alpha value is -4.52. The number of hydrogen-bond acceptors (Lipinski definition) is 5. The van der Waals surface area contributed by atoms with Crippen LogP contribution >= 0.6 is 0 Å². The molecule has 7 heteroatoms. The number of carbonyl (C=O) groups is 2. The fourth-order valence-corrected chi connectivity index (χ4v) is 5.27. The van der Waals surface area contributed by atoms with Gasteiger partial charge in [0.25, 0.3) is 11.7 Å². The van der Waals surface area contributed by atoms with E-state index in [2.05, 4.69) is 0 Å². The van der Waals surface area contributed by atoms with E-state index in [0.717, 1.165) is 27.6 Å². The molecule has 5 rings (SSSR count). The van der Waals surface area contributed by atoms with Crippen molar-refractivity contribution < 1.29 is 24.2 Å². The monoisotopic (exact) mass is 496 g/mol. The summed E-state index contributed by atoms with van der Waals surface area (Å²) in [5.41, 5.74) is 4.30. The maximum atomic E-state index is 13.6. The molecule has 0 saturated carbocycles. The van der Waals surface area contributed by atoms with Crippen LogP contribution in [0.15, 0.2) is 72.4 Å². The molecule has 0 aliphatic carbocycles. The molecular formula is C30H28N2O5. The number of nitrogens with zero attached hydrogens (tertiary/aromatic N) is 2. The summed E-state index contributed by atoms with van der Waals surface area (Å²) in [7, 11) is 5.00. The van der Waals surface area contributed by atoms with Crippen molar-refractivity contribution in [1.82, 2.24) is 4.57 Å². The minimum atomic E-state index is -0.856. The second-order valence-corrected chi connectivity index (χ2v) is 9.24. The summed E-state index contributed by atoms with van der Waals surface area (Å²) in [6.45, 7) is 3.78. The largest absolute Gasteiger partial charge is 0.507 e. The van der Waals surface area contributed by atoms with Crippen molar-refractivity contribution in [2.75, 3.05) is 19.1 Å². The average molecular weight is 497 g/mol. The molecule has 4 aromatic rings. The molecule has 0 bridgehead atoms. The highest BCUT2D eigenvalue weighted by Gasteiger charge is 2.48. The molecule has 188 valence electrons. The number of para-hydroxylation sites is 1. The van der Waals surface area contributed by atoms with Crippen LogP contribution in [0, 0.1) is 13.8 Å². The minimum Gasteiger partial charge on any atom is -0.507 e. The predicted octanol–water partition coefficient (Wildman–Crippen LogP) is 5.44. The van der Waals surface area contributed by atoms with Gasteiger partial charge in [-0.15, -0.1) is 0 Å². The maximum absolute atomic E-state index is 13.6. The second kappa shape index (κ2) is 9.17. The van der Waals surface area contributed by atoms with E-state index >= 15 is 0 Å². The van der Waals surface area contributed by atoms with E-state index in [0.29, 0.717) is 22.7 Å². The molecule has 1 unspecified atom stereocenters. The molecule has 1 N–H and O–H groups in total. The topological polar surface area (TPSA) is 81.0 Å². The number of aryl methyl sites for hydroxylation is 3. The number of methoxy groups -OCH3 is 2. The first kappa shape index (κ1) is 24.2.